The summed E-state index contributed by atoms with van der Waals surface area (Å²) >= 11 is 0. The van der Waals surface area contributed by atoms with E-state index in [2.05, 4.69) is 20.6 Å². The van der Waals surface area contributed by atoms with Gasteiger partial charge in [-0.25, -0.2) is 13.8 Å². The normalized spacial score (nSPS) is 11.0. The highest BCUT2D eigenvalue weighted by atomic mass is 19.1. The van der Waals surface area contributed by atoms with Crippen molar-refractivity contribution in [2.75, 3.05) is 19.5 Å². The highest BCUT2D eigenvalue weighted by molar-refractivity contribution is 6.10. The molecule has 0 saturated heterocycles. The van der Waals surface area contributed by atoms with Gasteiger partial charge in [0, 0.05) is 29.6 Å². The predicted molar refractivity (Wildman–Crippen MR) is 112 cm³/mol. The Morgan fingerprint density at radius 2 is 1.68 bits per heavy atom. The maximum atomic E-state index is 13.6. The summed E-state index contributed by atoms with van der Waals surface area (Å²) in [6.07, 6.45) is 1.61. The van der Waals surface area contributed by atoms with E-state index in [0.717, 1.165) is 18.2 Å². The number of benzene rings is 2. The molecular formula is C22H20F2N4O3. The summed E-state index contributed by atoms with van der Waals surface area (Å²) in [5, 5.41) is 5.35. The number of hydrogen-bond acceptors (Lipinski definition) is 5. The molecule has 1 aromatic heterocycles. The lowest BCUT2D eigenvalue weighted by Crippen LogP contribution is -2.36. The molecule has 160 valence electrons. The van der Waals surface area contributed by atoms with Crippen LogP contribution >= 0.6 is 0 Å². The summed E-state index contributed by atoms with van der Waals surface area (Å²) in [5.41, 5.74) is 0.972. The molecule has 2 aromatic carbocycles. The number of pyridine rings is 1. The van der Waals surface area contributed by atoms with Crippen LogP contribution in [-0.2, 0) is 6.54 Å². The number of methoxy groups -OCH3 is 2. The fourth-order valence-electron chi connectivity index (χ4n) is 2.64. The Morgan fingerprint density at radius 3 is 2.26 bits per heavy atom. The average molecular weight is 426 g/mol. The first-order valence-corrected chi connectivity index (χ1v) is 9.18. The van der Waals surface area contributed by atoms with Gasteiger partial charge in [0.05, 0.1) is 26.5 Å². The standard InChI is InChI=1S/C22H20F2N4O3/c1-30-19-7-14(8-20(12-19)31-2)21(29)28-22(26-13-17-5-3-4-6-25-17)27-18-10-15(23)9-16(24)11-18/h3-12H,13H2,1-2H3,(H2,26,27,28,29). The van der Waals surface area contributed by atoms with Crippen molar-refractivity contribution in [3.05, 3.63) is 83.7 Å². The number of amides is 1. The molecule has 0 bridgehead atoms. The maximum absolute atomic E-state index is 13.6. The van der Waals surface area contributed by atoms with Crippen LogP contribution in [0, 0.1) is 11.6 Å². The van der Waals surface area contributed by atoms with Crippen LogP contribution in [0.1, 0.15) is 16.1 Å². The van der Waals surface area contributed by atoms with Crippen LogP contribution in [-0.4, -0.2) is 31.1 Å². The van der Waals surface area contributed by atoms with Crippen LogP contribution in [0.5, 0.6) is 11.5 Å². The largest absolute Gasteiger partial charge is 0.497 e. The number of guanidine groups is 1. The zero-order valence-corrected chi connectivity index (χ0v) is 16.9. The molecule has 0 atom stereocenters. The van der Waals surface area contributed by atoms with Crippen LogP contribution in [0.4, 0.5) is 14.5 Å². The Hall–Kier alpha value is -4.01. The number of aliphatic imine (C=N–C) groups is 1. The van der Waals surface area contributed by atoms with Crippen LogP contribution < -0.4 is 20.1 Å². The lowest BCUT2D eigenvalue weighted by molar-refractivity contribution is 0.0976. The molecule has 0 aliphatic heterocycles. The molecule has 0 radical (unpaired) electrons. The SMILES string of the molecule is COc1cc(OC)cc(C(=O)NC(=NCc2ccccn2)Nc2cc(F)cc(F)c2)c1. The third-order valence-electron chi connectivity index (χ3n) is 4.10. The number of nitrogens with zero attached hydrogens (tertiary/aromatic N) is 2. The molecule has 1 amide bonds. The maximum Gasteiger partial charge on any atom is 0.258 e. The Balaban J connectivity index is 1.87. The quantitative estimate of drug-likeness (QED) is 0.463. The highest BCUT2D eigenvalue weighted by Crippen LogP contribution is 2.22. The second-order valence-corrected chi connectivity index (χ2v) is 6.32. The molecule has 0 fully saturated rings. The van der Waals surface area contributed by atoms with Crippen LogP contribution in [0.2, 0.25) is 0 Å². The summed E-state index contributed by atoms with van der Waals surface area (Å²) in [7, 11) is 2.94. The van der Waals surface area contributed by atoms with E-state index in [1.165, 1.54) is 26.4 Å². The third-order valence-corrected chi connectivity index (χ3v) is 4.10. The second-order valence-electron chi connectivity index (χ2n) is 6.32. The number of carbonyl (C=O) groups excluding carboxylic acids is 1. The van der Waals surface area contributed by atoms with Crippen molar-refractivity contribution in [3.8, 4) is 11.5 Å². The van der Waals surface area contributed by atoms with E-state index >= 15 is 0 Å². The van der Waals surface area contributed by atoms with Gasteiger partial charge in [-0.05, 0) is 36.4 Å². The summed E-state index contributed by atoms with van der Waals surface area (Å²) in [4.78, 5) is 21.3. The first-order chi connectivity index (χ1) is 15.0. The van der Waals surface area contributed by atoms with Crippen molar-refractivity contribution < 1.29 is 23.0 Å². The van der Waals surface area contributed by atoms with E-state index in [1.54, 1.807) is 30.5 Å². The van der Waals surface area contributed by atoms with Crippen molar-refractivity contribution >= 4 is 17.6 Å². The topological polar surface area (TPSA) is 84.8 Å². The summed E-state index contributed by atoms with van der Waals surface area (Å²) < 4.78 is 37.5. The van der Waals surface area contributed by atoms with E-state index in [9.17, 15) is 13.6 Å². The monoisotopic (exact) mass is 426 g/mol. The fraction of sp³-hybridized carbons (Fsp3) is 0.136. The number of anilines is 1. The molecule has 1 heterocycles. The molecule has 7 nitrogen and oxygen atoms in total. The molecule has 0 aliphatic carbocycles. The molecule has 3 rings (SSSR count). The van der Waals surface area contributed by atoms with E-state index in [0.29, 0.717) is 17.2 Å². The molecule has 0 unspecified atom stereocenters. The number of halogens is 2. The zero-order valence-electron chi connectivity index (χ0n) is 16.9. The van der Waals surface area contributed by atoms with Crippen LogP contribution in [0.3, 0.4) is 0 Å². The van der Waals surface area contributed by atoms with Gasteiger partial charge in [-0.3, -0.25) is 15.1 Å². The first kappa shape index (κ1) is 21.7. The molecule has 0 aliphatic rings. The Bertz CT molecular complexity index is 1050. The average Bonchev–Trinajstić information content (AvgIpc) is 2.77. The van der Waals surface area contributed by atoms with Gasteiger partial charge >= 0.3 is 0 Å². The van der Waals surface area contributed by atoms with Crippen LogP contribution in [0.15, 0.2) is 65.8 Å². The molecule has 3 aromatic rings. The van der Waals surface area contributed by atoms with Gasteiger partial charge in [0.25, 0.3) is 5.91 Å². The molecule has 9 heteroatoms. The van der Waals surface area contributed by atoms with Gasteiger partial charge < -0.3 is 14.8 Å². The summed E-state index contributed by atoms with van der Waals surface area (Å²) in [6, 6.07) is 12.9. The van der Waals surface area contributed by atoms with Crippen molar-refractivity contribution in [2.24, 2.45) is 4.99 Å². The number of nitrogens with one attached hydrogen (secondary N) is 2. The van der Waals surface area contributed by atoms with E-state index < -0.39 is 17.5 Å². The number of carbonyl (C=O) groups is 1. The van der Waals surface area contributed by atoms with Gasteiger partial charge in [0.1, 0.15) is 23.1 Å². The molecule has 2 N–H and O–H groups in total. The second kappa shape index (κ2) is 10.1. The van der Waals surface area contributed by atoms with Crippen LogP contribution in [0.25, 0.3) is 0 Å². The number of ether oxygens (including phenoxy) is 2. The lowest BCUT2D eigenvalue weighted by atomic mass is 10.2. The Labute approximate surface area is 177 Å². The Morgan fingerprint density at radius 1 is 1.00 bits per heavy atom. The first-order valence-electron chi connectivity index (χ1n) is 9.18. The summed E-state index contributed by atoms with van der Waals surface area (Å²) in [6.45, 7) is 0.128. The smallest absolute Gasteiger partial charge is 0.258 e. The number of aromatic nitrogens is 1. The van der Waals surface area contributed by atoms with Gasteiger partial charge in [0.15, 0.2) is 0 Å². The van der Waals surface area contributed by atoms with E-state index in [4.69, 9.17) is 9.47 Å². The minimum atomic E-state index is -0.768. The Kier molecular flexibility index (Phi) is 7.10. The third kappa shape index (κ3) is 6.23. The molecule has 31 heavy (non-hydrogen) atoms. The minimum Gasteiger partial charge on any atom is -0.497 e. The van der Waals surface area contributed by atoms with Crippen molar-refractivity contribution in [2.45, 2.75) is 6.54 Å². The predicted octanol–water partition coefficient (Wildman–Crippen LogP) is 3.78. The highest BCUT2D eigenvalue weighted by Gasteiger charge is 2.13. The molecular weight excluding hydrogens is 406 g/mol. The fourth-order valence-corrected chi connectivity index (χ4v) is 2.64. The van der Waals surface area contributed by atoms with Crippen molar-refractivity contribution in [1.82, 2.24) is 10.3 Å². The molecule has 0 spiro atoms. The zero-order chi connectivity index (χ0) is 22.2. The van der Waals surface area contributed by atoms with Gasteiger partial charge in [-0.1, -0.05) is 6.07 Å². The number of rotatable bonds is 6. The van der Waals surface area contributed by atoms with E-state index in [-0.39, 0.29) is 23.8 Å². The number of hydrogen-bond donors (Lipinski definition) is 2. The van der Waals surface area contributed by atoms with Crippen molar-refractivity contribution in [1.29, 1.82) is 0 Å². The van der Waals surface area contributed by atoms with Gasteiger partial charge in [0.2, 0.25) is 5.96 Å². The summed E-state index contributed by atoms with van der Waals surface area (Å²) in [5.74, 6) is -1.22. The lowest BCUT2D eigenvalue weighted by Gasteiger charge is -2.13. The molecule has 0 saturated carbocycles. The van der Waals surface area contributed by atoms with Gasteiger partial charge in [-0.2, -0.15) is 0 Å². The van der Waals surface area contributed by atoms with Gasteiger partial charge in [-0.15, -0.1) is 0 Å². The van der Waals surface area contributed by atoms with E-state index in [1.807, 2.05) is 0 Å². The minimum absolute atomic E-state index is 0.0116. The van der Waals surface area contributed by atoms with Crippen molar-refractivity contribution in [3.63, 3.8) is 0 Å².